The van der Waals surface area contributed by atoms with Crippen LogP contribution in [0, 0.1) is 13.8 Å². The van der Waals surface area contributed by atoms with Gasteiger partial charge >= 0.3 is 0 Å². The number of carbonyl (C=O) groups excluding carboxylic acids is 1. The van der Waals surface area contributed by atoms with Gasteiger partial charge in [-0.25, -0.2) is 0 Å². The van der Waals surface area contributed by atoms with Crippen LogP contribution in [0.15, 0.2) is 48.5 Å². The lowest BCUT2D eigenvalue weighted by Gasteiger charge is -2.14. The maximum absolute atomic E-state index is 12.2. The molecular formula is C18H22N2O. The minimum absolute atomic E-state index is 0.125. The van der Waals surface area contributed by atoms with E-state index in [9.17, 15) is 4.79 Å². The summed E-state index contributed by atoms with van der Waals surface area (Å²) in [6.45, 7) is 4.03. The van der Waals surface area contributed by atoms with Gasteiger partial charge in [0.15, 0.2) is 0 Å². The van der Waals surface area contributed by atoms with Crippen molar-refractivity contribution in [2.75, 3.05) is 5.32 Å². The fraction of sp³-hybridized carbons (Fsp3) is 0.278. The molecule has 0 aliphatic rings. The van der Waals surface area contributed by atoms with Gasteiger partial charge in [-0.2, -0.15) is 0 Å². The third-order valence-electron chi connectivity index (χ3n) is 3.79. The molecule has 3 nitrogen and oxygen atoms in total. The predicted octanol–water partition coefficient (Wildman–Crippen LogP) is 3.20. The topological polar surface area (TPSA) is 55.1 Å². The Balaban J connectivity index is 1.92. The van der Waals surface area contributed by atoms with Crippen molar-refractivity contribution in [1.29, 1.82) is 0 Å². The highest BCUT2D eigenvalue weighted by atomic mass is 16.2. The Bertz CT molecular complexity index is 608. The molecule has 0 spiro atoms. The molecule has 0 heterocycles. The van der Waals surface area contributed by atoms with Crippen molar-refractivity contribution in [2.24, 2.45) is 5.73 Å². The van der Waals surface area contributed by atoms with Crippen LogP contribution in [0.5, 0.6) is 0 Å². The van der Waals surface area contributed by atoms with Crippen molar-refractivity contribution >= 4 is 11.6 Å². The number of anilines is 1. The third kappa shape index (κ3) is 4.17. The minimum Gasteiger partial charge on any atom is -0.324 e. The van der Waals surface area contributed by atoms with Crippen LogP contribution in [-0.4, -0.2) is 11.9 Å². The van der Waals surface area contributed by atoms with E-state index in [1.54, 1.807) is 0 Å². The summed E-state index contributed by atoms with van der Waals surface area (Å²) in [5.74, 6) is -0.125. The van der Waals surface area contributed by atoms with E-state index in [0.717, 1.165) is 23.2 Å². The van der Waals surface area contributed by atoms with E-state index >= 15 is 0 Å². The average Bonchev–Trinajstić information content (AvgIpc) is 2.50. The molecule has 1 atom stereocenters. The van der Waals surface area contributed by atoms with Gasteiger partial charge in [-0.1, -0.05) is 42.5 Å². The van der Waals surface area contributed by atoms with E-state index in [4.69, 9.17) is 5.73 Å². The summed E-state index contributed by atoms with van der Waals surface area (Å²) in [7, 11) is 0. The van der Waals surface area contributed by atoms with Crippen molar-refractivity contribution in [3.8, 4) is 0 Å². The van der Waals surface area contributed by atoms with E-state index in [-0.39, 0.29) is 5.91 Å². The zero-order valence-electron chi connectivity index (χ0n) is 12.6. The van der Waals surface area contributed by atoms with Crippen LogP contribution in [0.2, 0.25) is 0 Å². The Morgan fingerprint density at radius 2 is 1.81 bits per heavy atom. The summed E-state index contributed by atoms with van der Waals surface area (Å²) in [6, 6.07) is 15.5. The average molecular weight is 282 g/mol. The molecule has 0 saturated carbocycles. The zero-order valence-corrected chi connectivity index (χ0v) is 12.6. The molecule has 0 aliphatic heterocycles. The van der Waals surface area contributed by atoms with E-state index in [1.165, 1.54) is 5.56 Å². The second kappa shape index (κ2) is 7.04. The first-order valence-corrected chi connectivity index (χ1v) is 7.24. The molecule has 0 fully saturated rings. The van der Waals surface area contributed by atoms with Crippen molar-refractivity contribution < 1.29 is 4.79 Å². The summed E-state index contributed by atoms with van der Waals surface area (Å²) in [5, 5.41) is 2.92. The van der Waals surface area contributed by atoms with Gasteiger partial charge in [0.2, 0.25) is 5.91 Å². The Hall–Kier alpha value is -2.13. The lowest BCUT2D eigenvalue weighted by molar-refractivity contribution is -0.117. The first-order valence-electron chi connectivity index (χ1n) is 7.24. The first-order chi connectivity index (χ1) is 10.1. The molecule has 2 aromatic carbocycles. The molecule has 21 heavy (non-hydrogen) atoms. The van der Waals surface area contributed by atoms with Crippen LogP contribution < -0.4 is 11.1 Å². The number of rotatable bonds is 5. The second-order valence-electron chi connectivity index (χ2n) is 5.37. The molecule has 110 valence electrons. The molecule has 1 amide bonds. The van der Waals surface area contributed by atoms with Gasteiger partial charge in [-0.05, 0) is 49.4 Å². The Labute approximate surface area is 126 Å². The Morgan fingerprint density at radius 3 is 2.52 bits per heavy atom. The molecule has 3 N–H and O–H groups in total. The van der Waals surface area contributed by atoms with E-state index in [1.807, 2.05) is 50.2 Å². The third-order valence-corrected chi connectivity index (χ3v) is 3.79. The Morgan fingerprint density at radius 1 is 1.10 bits per heavy atom. The van der Waals surface area contributed by atoms with Gasteiger partial charge in [0.25, 0.3) is 0 Å². The predicted molar refractivity (Wildman–Crippen MR) is 87.3 cm³/mol. The van der Waals surface area contributed by atoms with Gasteiger partial charge in [-0.15, -0.1) is 0 Å². The van der Waals surface area contributed by atoms with Crippen LogP contribution >= 0.6 is 0 Å². The number of nitrogens with one attached hydrogen (secondary N) is 1. The van der Waals surface area contributed by atoms with Crippen molar-refractivity contribution in [1.82, 2.24) is 0 Å². The van der Waals surface area contributed by atoms with E-state index in [2.05, 4.69) is 17.4 Å². The van der Waals surface area contributed by atoms with Crippen LogP contribution in [-0.2, 0) is 11.2 Å². The highest BCUT2D eigenvalue weighted by Crippen LogP contribution is 2.18. The molecule has 0 aliphatic carbocycles. The van der Waals surface area contributed by atoms with Gasteiger partial charge in [0.1, 0.15) is 0 Å². The van der Waals surface area contributed by atoms with E-state index in [0.29, 0.717) is 6.42 Å². The maximum Gasteiger partial charge on any atom is 0.241 e. The molecular weight excluding hydrogens is 260 g/mol. The number of aryl methyl sites for hydroxylation is 2. The fourth-order valence-electron chi connectivity index (χ4n) is 2.21. The molecule has 0 radical (unpaired) electrons. The first kappa shape index (κ1) is 15.3. The summed E-state index contributed by atoms with van der Waals surface area (Å²) < 4.78 is 0. The van der Waals surface area contributed by atoms with Crippen molar-refractivity contribution in [2.45, 2.75) is 32.7 Å². The summed E-state index contributed by atoms with van der Waals surface area (Å²) >= 11 is 0. The number of hydrogen-bond donors (Lipinski definition) is 2. The smallest absolute Gasteiger partial charge is 0.241 e. The molecule has 2 aromatic rings. The molecule has 2 rings (SSSR count). The molecule has 0 unspecified atom stereocenters. The summed E-state index contributed by atoms with van der Waals surface area (Å²) in [6.07, 6.45) is 1.45. The van der Waals surface area contributed by atoms with E-state index < -0.39 is 6.04 Å². The van der Waals surface area contributed by atoms with Gasteiger partial charge in [-0.3, -0.25) is 4.79 Å². The fourth-order valence-corrected chi connectivity index (χ4v) is 2.21. The molecule has 0 bridgehead atoms. The molecule has 0 saturated heterocycles. The number of benzene rings is 2. The van der Waals surface area contributed by atoms with Gasteiger partial charge in [0.05, 0.1) is 6.04 Å². The van der Waals surface area contributed by atoms with Crippen LogP contribution in [0.3, 0.4) is 0 Å². The van der Waals surface area contributed by atoms with Crippen molar-refractivity contribution in [3.05, 3.63) is 65.2 Å². The maximum atomic E-state index is 12.2. The number of hydrogen-bond acceptors (Lipinski definition) is 2. The quantitative estimate of drug-likeness (QED) is 0.884. The number of carbonyl (C=O) groups is 1. The lowest BCUT2D eigenvalue weighted by atomic mass is 10.0. The number of amides is 1. The van der Waals surface area contributed by atoms with Crippen LogP contribution in [0.1, 0.15) is 23.1 Å². The van der Waals surface area contributed by atoms with Crippen LogP contribution in [0.4, 0.5) is 5.69 Å². The Kier molecular flexibility index (Phi) is 5.12. The van der Waals surface area contributed by atoms with Crippen LogP contribution in [0.25, 0.3) is 0 Å². The SMILES string of the molecule is Cc1cccc(NC(=O)[C@@H](N)CCc2ccccc2)c1C. The normalized spacial score (nSPS) is 12.0. The molecule has 0 aromatic heterocycles. The highest BCUT2D eigenvalue weighted by Gasteiger charge is 2.14. The zero-order chi connectivity index (χ0) is 15.2. The highest BCUT2D eigenvalue weighted by molar-refractivity contribution is 5.95. The largest absolute Gasteiger partial charge is 0.324 e. The summed E-state index contributed by atoms with van der Waals surface area (Å²) in [4.78, 5) is 12.2. The van der Waals surface area contributed by atoms with Gasteiger partial charge < -0.3 is 11.1 Å². The standard InChI is InChI=1S/C18H22N2O/c1-13-7-6-10-17(14(13)2)20-18(21)16(19)12-11-15-8-4-3-5-9-15/h3-10,16H,11-12,19H2,1-2H3,(H,20,21)/t16-/m0/s1. The second-order valence-corrected chi connectivity index (χ2v) is 5.37. The van der Waals surface area contributed by atoms with Crippen molar-refractivity contribution in [3.63, 3.8) is 0 Å². The summed E-state index contributed by atoms with van der Waals surface area (Å²) in [5.41, 5.74) is 10.3. The molecule has 3 heteroatoms. The number of nitrogens with two attached hydrogens (primary N) is 1. The van der Waals surface area contributed by atoms with Gasteiger partial charge in [0, 0.05) is 5.69 Å². The monoisotopic (exact) mass is 282 g/mol. The minimum atomic E-state index is -0.495. The lowest BCUT2D eigenvalue weighted by Crippen LogP contribution is -2.36.